The van der Waals surface area contributed by atoms with E-state index in [0.29, 0.717) is 68.4 Å². The van der Waals surface area contributed by atoms with Gasteiger partial charge in [-0.3, -0.25) is 43.6 Å². The molecule has 5 heterocycles. The molecule has 2 aromatic rings. The van der Waals surface area contributed by atoms with E-state index in [2.05, 4.69) is 57.0 Å². The fourth-order valence-electron chi connectivity index (χ4n) is 17.5. The summed E-state index contributed by atoms with van der Waals surface area (Å²) >= 11 is 0. The fraction of sp³-hybridized carbons (Fsp3) is 0.629. The Kier molecular flexibility index (Phi) is 14.2. The number of carbonyl (C=O) groups is 6. The number of hydrogen-bond acceptors (Lipinski definition) is 15. The van der Waals surface area contributed by atoms with Gasteiger partial charge < -0.3 is 77.8 Å². The van der Waals surface area contributed by atoms with E-state index >= 15 is 0 Å². The van der Waals surface area contributed by atoms with Crippen LogP contribution in [0.25, 0.3) is 10.9 Å². The third-order valence-corrected chi connectivity index (χ3v) is 21.6. The zero-order valence-corrected chi connectivity index (χ0v) is 48.4. The van der Waals surface area contributed by atoms with Crippen LogP contribution in [0, 0.1) is 34.5 Å². The second kappa shape index (κ2) is 21.6. The molecule has 4 bridgehead atoms. The normalized spacial score (nSPS) is 33.4. The molecule has 4 unspecified atom stereocenters. The van der Waals surface area contributed by atoms with Gasteiger partial charge in [0.05, 0.1) is 59.9 Å². The number of nitrogens with one attached hydrogen (secondary N) is 8. The number of aliphatic hydroxyl groups excluding tert-OH is 2. The second-order valence-electron chi connectivity index (χ2n) is 26.6. The summed E-state index contributed by atoms with van der Waals surface area (Å²) in [5, 5.41) is 67.7. The molecule has 5 saturated carbocycles. The molecule has 1 aromatic carbocycles. The van der Waals surface area contributed by atoms with E-state index in [1.807, 2.05) is 24.3 Å². The number of guanidine groups is 1. The van der Waals surface area contributed by atoms with Gasteiger partial charge in [-0.25, -0.2) is 0 Å². The summed E-state index contributed by atoms with van der Waals surface area (Å²) in [7, 11) is 0. The molecule has 2 saturated heterocycles. The van der Waals surface area contributed by atoms with Crippen molar-refractivity contribution in [3.05, 3.63) is 75.8 Å². The van der Waals surface area contributed by atoms with Crippen LogP contribution in [0.3, 0.4) is 0 Å². The number of hydrogen-bond donors (Lipinski definition) is 13. The van der Waals surface area contributed by atoms with Gasteiger partial charge in [0, 0.05) is 74.1 Å². The highest BCUT2D eigenvalue weighted by Gasteiger charge is 2.76. The van der Waals surface area contributed by atoms with Crippen molar-refractivity contribution in [3.8, 4) is 0 Å². The highest BCUT2D eigenvalue weighted by molar-refractivity contribution is 5.96. The Morgan fingerprint density at radius 1 is 0.686 bits per heavy atom. The number of piperidine rings is 2. The van der Waals surface area contributed by atoms with Gasteiger partial charge in [0.25, 0.3) is 0 Å². The van der Waals surface area contributed by atoms with E-state index in [0.717, 1.165) is 90.9 Å². The number of fused-ring (bicyclic) bond motifs is 4. The van der Waals surface area contributed by atoms with Crippen molar-refractivity contribution >= 4 is 58.0 Å². The molecule has 6 amide bonds. The first kappa shape index (κ1) is 56.6. The Bertz CT molecular complexity index is 3350. The molecular weight excluding hydrogens is 1100 g/mol. The number of amides is 6. The maximum Gasteiger partial charge on any atom is 0.239 e. The van der Waals surface area contributed by atoms with Crippen LogP contribution in [-0.4, -0.2) is 177 Å². The first-order chi connectivity index (χ1) is 41.5. The number of allylic oxidation sites excluding steroid dienone is 2. The molecule has 86 heavy (non-hydrogen) atoms. The van der Waals surface area contributed by atoms with E-state index in [-0.39, 0.29) is 73.9 Å². The minimum absolute atomic E-state index is 0.0206. The standard InChI is InChI=1S/C62H80N12O12/c63-58(70-36-8-9-39-37(24-36)38-25-62(84)44-23-35-7-11-42(76)55-52(35)60(62,57(86-55)53(38)72-39)17-21-74(44)31-33-4-5-33)65-19-1-18-64-47(79)26-68-48(80)27-66-45(77)12-13-46(78)67-28-49(81)69-29-50(82)71-40-14-15-61(83)43-22-34-6-10-41(75)54-51(34)59(61,56(40)85-54)16-20-73(43)30-32-2-3-32/h8-11,24,32-35,40,43-44,56-57,72,75-76,83-84H,1-7,12-23,25-31H2,(H,64,79)(H,66,77)(H,67,78)(H,68,80)(H,69,81)(H,71,82)(H3,63,65,70)/t34?,35?,40-,43?,44?,56+,57+,59+,60+,61-,62-/m1/s1. The largest absolute Gasteiger partial charge is 0.504 e. The van der Waals surface area contributed by atoms with Crippen LogP contribution in [0.5, 0.6) is 0 Å². The van der Waals surface area contributed by atoms with Crippen molar-refractivity contribution in [1.29, 1.82) is 0 Å². The highest BCUT2D eigenvalue weighted by Crippen LogP contribution is 2.73. The van der Waals surface area contributed by atoms with Crippen molar-refractivity contribution in [2.24, 2.45) is 45.2 Å². The van der Waals surface area contributed by atoms with E-state index in [4.69, 9.17) is 15.2 Å². The summed E-state index contributed by atoms with van der Waals surface area (Å²) in [4.78, 5) is 89.1. The molecule has 12 aliphatic rings. The van der Waals surface area contributed by atoms with Gasteiger partial charge in [0.1, 0.15) is 6.10 Å². The average Bonchev–Trinajstić information content (AvgIpc) is 1.41. The fourth-order valence-corrected chi connectivity index (χ4v) is 17.5. The van der Waals surface area contributed by atoms with Crippen LogP contribution in [0.1, 0.15) is 114 Å². The minimum Gasteiger partial charge on any atom is -0.504 e. The number of aliphatic hydroxyl groups is 4. The predicted molar refractivity (Wildman–Crippen MR) is 312 cm³/mol. The third-order valence-electron chi connectivity index (χ3n) is 21.6. The molecule has 460 valence electrons. The Hall–Kier alpha value is -7.15. The van der Waals surface area contributed by atoms with Gasteiger partial charge in [-0.1, -0.05) is 0 Å². The monoisotopic (exact) mass is 1180 g/mol. The molecule has 24 nitrogen and oxygen atoms in total. The number of aromatic nitrogens is 1. The summed E-state index contributed by atoms with van der Waals surface area (Å²) in [6.07, 6.45) is 13.4. The number of aliphatic imine (C=N–C) groups is 1. The molecule has 1 aromatic heterocycles. The molecule has 14 rings (SSSR count). The topological polar surface area (TPSA) is 347 Å². The van der Waals surface area contributed by atoms with Gasteiger partial charge in [-0.2, -0.15) is 0 Å². The lowest BCUT2D eigenvalue weighted by Gasteiger charge is -2.66. The molecule has 8 aliphatic carbocycles. The Balaban J connectivity index is 0.476. The van der Waals surface area contributed by atoms with Gasteiger partial charge in [0.15, 0.2) is 35.1 Å². The minimum atomic E-state index is -1.08. The number of carbonyl (C=O) groups excluding carboxylic acids is 6. The van der Waals surface area contributed by atoms with Crippen LogP contribution < -0.4 is 43.0 Å². The van der Waals surface area contributed by atoms with Crippen molar-refractivity contribution in [2.45, 2.75) is 144 Å². The number of rotatable bonds is 21. The molecule has 14 N–H and O–H groups in total. The van der Waals surface area contributed by atoms with Gasteiger partial charge in [-0.05, 0) is 167 Å². The molecule has 24 heteroatoms. The molecule has 11 atom stereocenters. The maximum absolute atomic E-state index is 13.3. The first-order valence-corrected chi connectivity index (χ1v) is 31.3. The number of ether oxygens (including phenoxy) is 2. The van der Waals surface area contributed by atoms with Crippen LogP contribution in [0.2, 0.25) is 0 Å². The smallest absolute Gasteiger partial charge is 0.239 e. The van der Waals surface area contributed by atoms with Gasteiger partial charge in [0.2, 0.25) is 35.4 Å². The number of likely N-dealkylation sites (tertiary alicyclic amines) is 2. The van der Waals surface area contributed by atoms with Crippen molar-refractivity contribution in [3.63, 3.8) is 0 Å². The first-order valence-electron chi connectivity index (χ1n) is 31.3. The van der Waals surface area contributed by atoms with E-state index in [9.17, 15) is 49.2 Å². The SMILES string of the molecule is NC(=NCCCNC(=O)CNC(=O)CNC(=O)CCC(=O)NCC(=O)NCC(=O)N[C@@H]1CC[C@@]2(O)C3CC4CC=C(O)C5=C4[C@@]2(CCN3CC2CC2)[C@H]1O5)Nc1ccc2[nH]c3c(c2c1)C[C@@]1(O)C2CC4CC=C(O)C5=C4[C@@]1(CCN2CC1CC1)[C@H]3O5. The molecule has 7 fully saturated rings. The second-order valence-corrected chi connectivity index (χ2v) is 26.6. The van der Waals surface area contributed by atoms with Crippen molar-refractivity contribution < 1.29 is 58.7 Å². The van der Waals surface area contributed by atoms with E-state index in [1.165, 1.54) is 25.7 Å². The maximum atomic E-state index is 13.3. The zero-order valence-electron chi connectivity index (χ0n) is 48.4. The quantitative estimate of drug-likeness (QED) is 0.0480. The summed E-state index contributed by atoms with van der Waals surface area (Å²) < 4.78 is 13.3. The summed E-state index contributed by atoms with van der Waals surface area (Å²) in [5.41, 5.74) is 8.53. The molecule has 0 radical (unpaired) electrons. The Morgan fingerprint density at radius 3 is 1.90 bits per heavy atom. The van der Waals surface area contributed by atoms with E-state index in [1.54, 1.807) is 6.08 Å². The number of nitrogens with zero attached hydrogens (tertiary/aromatic N) is 3. The molecular formula is C62H80N12O12. The van der Waals surface area contributed by atoms with Crippen molar-refractivity contribution in [1.82, 2.24) is 46.7 Å². The Morgan fingerprint density at radius 2 is 1.26 bits per heavy atom. The van der Waals surface area contributed by atoms with E-state index < -0.39 is 88.8 Å². The number of H-pyrrole nitrogens is 1. The lowest BCUT2D eigenvalue weighted by atomic mass is 9.45. The zero-order chi connectivity index (χ0) is 59.4. The summed E-state index contributed by atoms with van der Waals surface area (Å²) in [6.45, 7) is 2.69. The number of nitrogens with two attached hydrogens (primary N) is 1. The lowest BCUT2D eigenvalue weighted by molar-refractivity contribution is -0.230. The number of aromatic amines is 1. The van der Waals surface area contributed by atoms with Crippen LogP contribution in [0.15, 0.2) is 69.5 Å². The van der Waals surface area contributed by atoms with Crippen LogP contribution in [-0.2, 0) is 44.7 Å². The van der Waals surface area contributed by atoms with Crippen LogP contribution >= 0.6 is 0 Å². The van der Waals surface area contributed by atoms with Crippen molar-refractivity contribution in [2.75, 3.05) is 70.8 Å². The third kappa shape index (κ3) is 9.49. The number of anilines is 1. The highest BCUT2D eigenvalue weighted by atomic mass is 16.5. The summed E-state index contributed by atoms with van der Waals surface area (Å²) in [5.74, 6) is -0.133. The average molecular weight is 1190 g/mol. The van der Waals surface area contributed by atoms with Gasteiger partial charge in [-0.15, -0.1) is 0 Å². The molecule has 2 spiro atoms. The van der Waals surface area contributed by atoms with Gasteiger partial charge >= 0.3 is 0 Å². The summed E-state index contributed by atoms with van der Waals surface area (Å²) in [6, 6.07) is 5.39. The molecule has 4 aliphatic heterocycles. The Labute approximate surface area is 497 Å². The number of benzene rings is 1. The van der Waals surface area contributed by atoms with Crippen LogP contribution in [0.4, 0.5) is 5.69 Å². The lowest BCUT2D eigenvalue weighted by Crippen LogP contribution is -2.77. The predicted octanol–water partition coefficient (Wildman–Crippen LogP) is 1.59.